The SMILES string of the molecule is CC(C)(C)OC(=O)Nc1ccc(C(=O)N2CCN(c3ccncc3)CC2)cn1. The second kappa shape index (κ2) is 8.24. The maximum atomic E-state index is 12.7. The normalized spacial score (nSPS) is 14.5. The number of carbonyl (C=O) groups is 2. The Hall–Kier alpha value is -3.16. The van der Waals surface area contributed by atoms with Crippen molar-refractivity contribution in [2.24, 2.45) is 0 Å². The topological polar surface area (TPSA) is 87.7 Å². The van der Waals surface area contributed by atoms with Gasteiger partial charge >= 0.3 is 6.09 Å². The van der Waals surface area contributed by atoms with E-state index in [1.807, 2.05) is 17.0 Å². The number of hydrogen-bond donors (Lipinski definition) is 1. The number of ether oxygens (including phenoxy) is 1. The zero-order chi connectivity index (χ0) is 20.1. The standard InChI is InChI=1S/C20H25N5O3/c1-20(2,3)28-19(27)23-17-5-4-15(14-22-17)18(26)25-12-10-24(11-13-25)16-6-8-21-9-7-16/h4-9,14H,10-13H2,1-3H3,(H,22,23,27). The van der Waals surface area contributed by atoms with Crippen molar-refractivity contribution in [3.63, 3.8) is 0 Å². The van der Waals surface area contributed by atoms with E-state index in [0.29, 0.717) is 24.5 Å². The Bertz CT molecular complexity index is 810. The molecule has 1 aliphatic heterocycles. The lowest BCUT2D eigenvalue weighted by atomic mass is 10.2. The van der Waals surface area contributed by atoms with E-state index in [-0.39, 0.29) is 5.91 Å². The molecule has 0 radical (unpaired) electrons. The molecule has 3 rings (SSSR count). The average Bonchev–Trinajstić information content (AvgIpc) is 2.67. The fourth-order valence-corrected chi connectivity index (χ4v) is 2.91. The Balaban J connectivity index is 1.54. The number of hydrogen-bond acceptors (Lipinski definition) is 6. The highest BCUT2D eigenvalue weighted by molar-refractivity contribution is 5.94. The monoisotopic (exact) mass is 383 g/mol. The molecule has 0 unspecified atom stereocenters. The van der Waals surface area contributed by atoms with Gasteiger partial charge in [-0.2, -0.15) is 0 Å². The first kappa shape index (κ1) is 19.6. The van der Waals surface area contributed by atoms with Crippen molar-refractivity contribution in [2.45, 2.75) is 26.4 Å². The predicted molar refractivity (Wildman–Crippen MR) is 106 cm³/mol. The van der Waals surface area contributed by atoms with Crippen LogP contribution in [0.5, 0.6) is 0 Å². The van der Waals surface area contributed by atoms with Crippen molar-refractivity contribution in [3.05, 3.63) is 48.4 Å². The molecule has 148 valence electrons. The van der Waals surface area contributed by atoms with Gasteiger partial charge in [-0.15, -0.1) is 0 Å². The minimum absolute atomic E-state index is 0.0642. The highest BCUT2D eigenvalue weighted by atomic mass is 16.6. The molecule has 0 bridgehead atoms. The molecule has 0 atom stereocenters. The lowest BCUT2D eigenvalue weighted by Gasteiger charge is -2.36. The summed E-state index contributed by atoms with van der Waals surface area (Å²) in [7, 11) is 0. The van der Waals surface area contributed by atoms with Gasteiger partial charge in [-0.25, -0.2) is 9.78 Å². The Morgan fingerprint density at radius 1 is 1.04 bits per heavy atom. The molecule has 28 heavy (non-hydrogen) atoms. The lowest BCUT2D eigenvalue weighted by molar-refractivity contribution is 0.0635. The highest BCUT2D eigenvalue weighted by Crippen LogP contribution is 2.17. The Morgan fingerprint density at radius 2 is 1.71 bits per heavy atom. The van der Waals surface area contributed by atoms with Crippen molar-refractivity contribution < 1.29 is 14.3 Å². The van der Waals surface area contributed by atoms with Gasteiger partial charge in [0, 0.05) is 50.5 Å². The average molecular weight is 383 g/mol. The van der Waals surface area contributed by atoms with Crippen LogP contribution >= 0.6 is 0 Å². The molecule has 2 aromatic rings. The first-order valence-corrected chi connectivity index (χ1v) is 9.22. The third-order valence-corrected chi connectivity index (χ3v) is 4.23. The molecule has 1 aliphatic rings. The van der Waals surface area contributed by atoms with Crippen LogP contribution in [0.2, 0.25) is 0 Å². The maximum absolute atomic E-state index is 12.7. The van der Waals surface area contributed by atoms with E-state index in [4.69, 9.17) is 4.74 Å². The van der Waals surface area contributed by atoms with Crippen LogP contribution in [-0.4, -0.2) is 58.6 Å². The summed E-state index contributed by atoms with van der Waals surface area (Å²) >= 11 is 0. The number of anilines is 2. The summed E-state index contributed by atoms with van der Waals surface area (Å²) in [6, 6.07) is 7.21. The van der Waals surface area contributed by atoms with Gasteiger partial charge in [-0.05, 0) is 45.0 Å². The van der Waals surface area contributed by atoms with Gasteiger partial charge in [0.15, 0.2) is 0 Å². The van der Waals surface area contributed by atoms with Crippen LogP contribution in [0.3, 0.4) is 0 Å². The number of nitrogens with zero attached hydrogens (tertiary/aromatic N) is 4. The van der Waals surface area contributed by atoms with Crippen LogP contribution in [0.15, 0.2) is 42.9 Å². The van der Waals surface area contributed by atoms with Gasteiger partial charge in [0.25, 0.3) is 5.91 Å². The Kier molecular flexibility index (Phi) is 5.77. The molecule has 0 aliphatic carbocycles. The first-order chi connectivity index (χ1) is 13.3. The largest absolute Gasteiger partial charge is 0.444 e. The van der Waals surface area contributed by atoms with Crippen molar-refractivity contribution in [1.82, 2.24) is 14.9 Å². The van der Waals surface area contributed by atoms with Gasteiger partial charge < -0.3 is 14.5 Å². The second-order valence-corrected chi connectivity index (χ2v) is 7.54. The Labute approximate surface area is 164 Å². The molecular weight excluding hydrogens is 358 g/mol. The molecule has 3 heterocycles. The van der Waals surface area contributed by atoms with Crippen molar-refractivity contribution in [2.75, 3.05) is 36.4 Å². The van der Waals surface area contributed by atoms with Gasteiger partial charge in [-0.3, -0.25) is 15.1 Å². The minimum atomic E-state index is -0.585. The minimum Gasteiger partial charge on any atom is -0.444 e. The van der Waals surface area contributed by atoms with E-state index >= 15 is 0 Å². The predicted octanol–water partition coefficient (Wildman–Crippen LogP) is 2.79. The summed E-state index contributed by atoms with van der Waals surface area (Å²) in [6.07, 6.45) is 4.44. The number of amides is 2. The van der Waals surface area contributed by atoms with Gasteiger partial charge in [0.05, 0.1) is 5.56 Å². The third kappa shape index (κ3) is 5.18. The molecule has 1 N–H and O–H groups in total. The molecule has 1 fully saturated rings. The van der Waals surface area contributed by atoms with Crippen LogP contribution in [0.1, 0.15) is 31.1 Å². The quantitative estimate of drug-likeness (QED) is 0.877. The van der Waals surface area contributed by atoms with Crippen molar-refractivity contribution in [3.8, 4) is 0 Å². The zero-order valence-electron chi connectivity index (χ0n) is 16.4. The first-order valence-electron chi connectivity index (χ1n) is 9.22. The van der Waals surface area contributed by atoms with Crippen molar-refractivity contribution >= 4 is 23.5 Å². The van der Waals surface area contributed by atoms with Crippen LogP contribution in [0.25, 0.3) is 0 Å². The fraction of sp³-hybridized carbons (Fsp3) is 0.400. The molecule has 1 saturated heterocycles. The van der Waals surface area contributed by atoms with Crippen LogP contribution in [0.4, 0.5) is 16.3 Å². The number of pyridine rings is 2. The molecule has 2 amide bonds. The van der Waals surface area contributed by atoms with Gasteiger partial charge in [0.2, 0.25) is 0 Å². The van der Waals surface area contributed by atoms with E-state index in [9.17, 15) is 9.59 Å². The number of piperazine rings is 1. The molecule has 0 spiro atoms. The van der Waals surface area contributed by atoms with E-state index in [1.54, 1.807) is 45.3 Å². The van der Waals surface area contributed by atoms with E-state index in [2.05, 4.69) is 20.2 Å². The Morgan fingerprint density at radius 3 is 2.29 bits per heavy atom. The third-order valence-electron chi connectivity index (χ3n) is 4.23. The van der Waals surface area contributed by atoms with E-state index in [1.165, 1.54) is 6.20 Å². The summed E-state index contributed by atoms with van der Waals surface area (Å²) in [5.74, 6) is 0.277. The molecule has 8 nitrogen and oxygen atoms in total. The smallest absolute Gasteiger partial charge is 0.413 e. The lowest BCUT2D eigenvalue weighted by Crippen LogP contribution is -2.48. The van der Waals surface area contributed by atoms with Crippen molar-refractivity contribution in [1.29, 1.82) is 0 Å². The van der Waals surface area contributed by atoms with E-state index < -0.39 is 11.7 Å². The molecule has 0 saturated carbocycles. The summed E-state index contributed by atoms with van der Waals surface area (Å²) in [6.45, 7) is 8.17. The molecular formula is C20H25N5O3. The summed E-state index contributed by atoms with van der Waals surface area (Å²) < 4.78 is 5.19. The van der Waals surface area contributed by atoms with Crippen LogP contribution < -0.4 is 10.2 Å². The molecule has 2 aromatic heterocycles. The number of carbonyl (C=O) groups excluding carboxylic acids is 2. The maximum Gasteiger partial charge on any atom is 0.413 e. The van der Waals surface area contributed by atoms with E-state index in [0.717, 1.165) is 18.8 Å². The zero-order valence-corrected chi connectivity index (χ0v) is 16.4. The summed E-state index contributed by atoms with van der Waals surface area (Å²) in [5.41, 5.74) is 1.02. The van der Waals surface area contributed by atoms with Gasteiger partial charge in [-0.1, -0.05) is 0 Å². The molecule has 8 heteroatoms. The fourth-order valence-electron chi connectivity index (χ4n) is 2.91. The summed E-state index contributed by atoms with van der Waals surface area (Å²) in [5, 5.41) is 2.56. The van der Waals surface area contributed by atoms with Gasteiger partial charge in [0.1, 0.15) is 11.4 Å². The van der Waals surface area contributed by atoms with Crippen LogP contribution in [-0.2, 0) is 4.74 Å². The number of nitrogens with one attached hydrogen (secondary N) is 1. The molecule has 0 aromatic carbocycles. The summed E-state index contributed by atoms with van der Waals surface area (Å²) in [4.78, 5) is 36.7. The number of rotatable bonds is 3. The van der Waals surface area contributed by atoms with Crippen LogP contribution in [0, 0.1) is 0 Å². The highest BCUT2D eigenvalue weighted by Gasteiger charge is 2.23. The second-order valence-electron chi connectivity index (χ2n) is 7.54. The number of aromatic nitrogens is 2.